The van der Waals surface area contributed by atoms with Gasteiger partial charge in [-0.1, -0.05) is 11.6 Å². The number of nitrogens with zero attached hydrogens (tertiary/aromatic N) is 2. The van der Waals surface area contributed by atoms with Crippen LogP contribution in [-0.4, -0.2) is 28.4 Å². The van der Waals surface area contributed by atoms with Gasteiger partial charge in [0.25, 0.3) is 5.91 Å². The molecule has 0 aliphatic carbocycles. The molecule has 1 aromatic carbocycles. The predicted octanol–water partition coefficient (Wildman–Crippen LogP) is 1.40. The molecule has 0 aliphatic heterocycles. The van der Waals surface area contributed by atoms with Crippen LogP contribution in [0.2, 0.25) is 5.02 Å². The lowest BCUT2D eigenvalue weighted by Crippen LogP contribution is -2.23. The third kappa shape index (κ3) is 2.78. The van der Waals surface area contributed by atoms with Crippen molar-refractivity contribution < 1.29 is 9.53 Å². The molecule has 1 aromatic heterocycles. The van der Waals surface area contributed by atoms with Crippen LogP contribution in [0.3, 0.4) is 0 Å². The topological polar surface area (TPSA) is 79.9 Å². The predicted molar refractivity (Wildman–Crippen MR) is 65.6 cm³/mol. The van der Waals surface area contributed by atoms with Gasteiger partial charge in [-0.15, -0.1) is 0 Å². The highest BCUT2D eigenvalue weighted by Crippen LogP contribution is 2.22. The van der Waals surface area contributed by atoms with Gasteiger partial charge in [0, 0.05) is 5.02 Å². The number of aromatic amines is 1. The molecule has 0 fully saturated rings. The summed E-state index contributed by atoms with van der Waals surface area (Å²) in [6, 6.07) is 4.86. The summed E-state index contributed by atoms with van der Waals surface area (Å²) in [7, 11) is 1.50. The Balaban J connectivity index is 2.10. The Morgan fingerprint density at radius 3 is 3.06 bits per heavy atom. The summed E-state index contributed by atoms with van der Waals surface area (Å²) in [6.07, 6.45) is 1.54. The van der Waals surface area contributed by atoms with Crippen LogP contribution < -0.4 is 10.1 Å². The normalized spacial score (nSPS) is 10.1. The zero-order valence-electron chi connectivity index (χ0n) is 9.61. The molecule has 0 saturated carbocycles. The van der Waals surface area contributed by atoms with Crippen molar-refractivity contribution in [1.29, 1.82) is 0 Å². The third-order valence-electron chi connectivity index (χ3n) is 2.30. The van der Waals surface area contributed by atoms with Crippen molar-refractivity contribution >= 4 is 17.5 Å². The SMILES string of the molecule is COc1ccc(Cl)cc1C(=O)NCc1cn[nH]n1. The first kappa shape index (κ1) is 12.4. The molecule has 0 saturated heterocycles. The first-order valence-corrected chi connectivity index (χ1v) is 5.55. The van der Waals surface area contributed by atoms with Gasteiger partial charge in [0.2, 0.25) is 0 Å². The van der Waals surface area contributed by atoms with E-state index in [0.717, 1.165) is 0 Å². The number of hydrogen-bond donors (Lipinski definition) is 2. The van der Waals surface area contributed by atoms with Crippen LogP contribution in [0.4, 0.5) is 0 Å². The largest absolute Gasteiger partial charge is 0.496 e. The van der Waals surface area contributed by atoms with Crippen LogP contribution in [-0.2, 0) is 6.54 Å². The number of rotatable bonds is 4. The van der Waals surface area contributed by atoms with Gasteiger partial charge in [0.05, 0.1) is 25.4 Å². The van der Waals surface area contributed by atoms with Crippen LogP contribution in [0.25, 0.3) is 0 Å². The smallest absolute Gasteiger partial charge is 0.255 e. The first-order chi connectivity index (χ1) is 8.70. The van der Waals surface area contributed by atoms with Crippen LogP contribution in [0.5, 0.6) is 5.75 Å². The maximum atomic E-state index is 12.0. The van der Waals surface area contributed by atoms with Gasteiger partial charge in [0.1, 0.15) is 11.4 Å². The van der Waals surface area contributed by atoms with E-state index < -0.39 is 0 Å². The summed E-state index contributed by atoms with van der Waals surface area (Å²) in [5, 5.41) is 13.1. The number of aromatic nitrogens is 3. The minimum absolute atomic E-state index is 0.280. The van der Waals surface area contributed by atoms with E-state index in [9.17, 15) is 4.79 Å². The Labute approximate surface area is 108 Å². The maximum absolute atomic E-state index is 12.0. The van der Waals surface area contributed by atoms with Crippen LogP contribution in [0.15, 0.2) is 24.4 Å². The molecular formula is C11H11ClN4O2. The summed E-state index contributed by atoms with van der Waals surface area (Å²) in [4.78, 5) is 12.0. The number of ether oxygens (including phenoxy) is 1. The van der Waals surface area contributed by atoms with E-state index in [1.807, 2.05) is 0 Å². The molecule has 2 N–H and O–H groups in total. The number of benzene rings is 1. The standard InChI is InChI=1S/C11H11ClN4O2/c1-18-10-3-2-7(12)4-9(10)11(17)13-5-8-6-14-16-15-8/h2-4,6H,5H2,1H3,(H,13,17)(H,14,15,16). The lowest BCUT2D eigenvalue weighted by atomic mass is 10.2. The van der Waals surface area contributed by atoms with E-state index in [2.05, 4.69) is 20.7 Å². The Kier molecular flexibility index (Phi) is 3.78. The summed E-state index contributed by atoms with van der Waals surface area (Å²) in [5.41, 5.74) is 1.03. The minimum Gasteiger partial charge on any atom is -0.496 e. The van der Waals surface area contributed by atoms with Crippen LogP contribution >= 0.6 is 11.6 Å². The monoisotopic (exact) mass is 266 g/mol. The molecular weight excluding hydrogens is 256 g/mol. The third-order valence-corrected chi connectivity index (χ3v) is 2.54. The van der Waals surface area contributed by atoms with Gasteiger partial charge in [-0.25, -0.2) is 0 Å². The number of methoxy groups -OCH3 is 1. The van der Waals surface area contributed by atoms with Crippen molar-refractivity contribution in [2.24, 2.45) is 0 Å². The molecule has 0 unspecified atom stereocenters. The second-order valence-corrected chi connectivity index (χ2v) is 3.93. The lowest BCUT2D eigenvalue weighted by molar-refractivity contribution is 0.0947. The van der Waals surface area contributed by atoms with Crippen molar-refractivity contribution in [3.05, 3.63) is 40.7 Å². The van der Waals surface area contributed by atoms with E-state index in [1.54, 1.807) is 18.2 Å². The number of carbonyl (C=O) groups excluding carboxylic acids is 1. The second kappa shape index (κ2) is 5.50. The van der Waals surface area contributed by atoms with Crippen LogP contribution in [0.1, 0.15) is 16.1 Å². The number of halogens is 1. The van der Waals surface area contributed by atoms with Gasteiger partial charge in [-0.3, -0.25) is 4.79 Å². The Bertz CT molecular complexity index is 542. The molecule has 0 aliphatic rings. The average Bonchev–Trinajstić information content (AvgIpc) is 2.89. The van der Waals surface area contributed by atoms with E-state index in [0.29, 0.717) is 22.0 Å². The molecule has 18 heavy (non-hydrogen) atoms. The van der Waals surface area contributed by atoms with Gasteiger partial charge in [-0.2, -0.15) is 15.4 Å². The van der Waals surface area contributed by atoms with Crippen molar-refractivity contribution in [2.45, 2.75) is 6.54 Å². The summed E-state index contributed by atoms with van der Waals surface area (Å²) < 4.78 is 5.10. The van der Waals surface area contributed by atoms with Crippen molar-refractivity contribution in [3.8, 4) is 5.75 Å². The Morgan fingerprint density at radius 2 is 2.39 bits per heavy atom. The van der Waals surface area contributed by atoms with Gasteiger partial charge < -0.3 is 10.1 Å². The molecule has 1 heterocycles. The summed E-state index contributed by atoms with van der Waals surface area (Å²) in [6.45, 7) is 0.283. The van der Waals surface area contributed by atoms with E-state index in [-0.39, 0.29) is 12.5 Å². The molecule has 1 amide bonds. The lowest BCUT2D eigenvalue weighted by Gasteiger charge is -2.08. The first-order valence-electron chi connectivity index (χ1n) is 5.17. The highest BCUT2D eigenvalue weighted by Gasteiger charge is 2.12. The Hall–Kier alpha value is -2.08. The van der Waals surface area contributed by atoms with E-state index >= 15 is 0 Å². The molecule has 2 aromatic rings. The van der Waals surface area contributed by atoms with E-state index in [4.69, 9.17) is 16.3 Å². The number of hydrogen-bond acceptors (Lipinski definition) is 4. The number of carbonyl (C=O) groups is 1. The summed E-state index contributed by atoms with van der Waals surface area (Å²) >= 11 is 5.85. The number of H-pyrrole nitrogens is 1. The molecule has 94 valence electrons. The van der Waals surface area contributed by atoms with Crippen molar-refractivity contribution in [3.63, 3.8) is 0 Å². The highest BCUT2D eigenvalue weighted by molar-refractivity contribution is 6.31. The van der Waals surface area contributed by atoms with Gasteiger partial charge >= 0.3 is 0 Å². The average molecular weight is 267 g/mol. The molecule has 0 spiro atoms. The number of amides is 1. The fourth-order valence-corrected chi connectivity index (χ4v) is 1.61. The minimum atomic E-state index is -0.280. The van der Waals surface area contributed by atoms with Crippen LogP contribution in [0, 0.1) is 0 Å². The zero-order valence-corrected chi connectivity index (χ0v) is 10.4. The molecule has 7 heteroatoms. The quantitative estimate of drug-likeness (QED) is 0.877. The summed E-state index contributed by atoms with van der Waals surface area (Å²) in [5.74, 6) is 0.189. The van der Waals surface area contributed by atoms with Crippen molar-refractivity contribution in [1.82, 2.24) is 20.7 Å². The molecule has 0 radical (unpaired) electrons. The van der Waals surface area contributed by atoms with Gasteiger partial charge in [-0.05, 0) is 18.2 Å². The van der Waals surface area contributed by atoms with Crippen molar-refractivity contribution in [2.75, 3.05) is 7.11 Å². The molecule has 6 nitrogen and oxygen atoms in total. The molecule has 2 rings (SSSR count). The maximum Gasteiger partial charge on any atom is 0.255 e. The molecule has 0 atom stereocenters. The molecule has 0 bridgehead atoms. The van der Waals surface area contributed by atoms with E-state index in [1.165, 1.54) is 13.3 Å². The zero-order chi connectivity index (χ0) is 13.0. The number of nitrogens with one attached hydrogen (secondary N) is 2. The highest BCUT2D eigenvalue weighted by atomic mass is 35.5. The Morgan fingerprint density at radius 1 is 1.56 bits per heavy atom. The fraction of sp³-hybridized carbons (Fsp3) is 0.182. The van der Waals surface area contributed by atoms with Gasteiger partial charge in [0.15, 0.2) is 0 Å². The second-order valence-electron chi connectivity index (χ2n) is 3.49. The fourth-order valence-electron chi connectivity index (χ4n) is 1.43.